The van der Waals surface area contributed by atoms with Crippen LogP contribution < -0.4 is 0 Å². The van der Waals surface area contributed by atoms with Crippen molar-refractivity contribution in [2.75, 3.05) is 20.3 Å². The van der Waals surface area contributed by atoms with Gasteiger partial charge < -0.3 is 14.5 Å². The summed E-state index contributed by atoms with van der Waals surface area (Å²) in [5.74, 6) is 0. The molecule has 1 heterocycles. The smallest absolute Gasteiger partial charge is 0.293 e. The number of aromatic nitrogens is 1. The van der Waals surface area contributed by atoms with E-state index in [4.69, 9.17) is 9.47 Å². The molecule has 0 unspecified atom stereocenters. The molecule has 0 aliphatic rings. The van der Waals surface area contributed by atoms with E-state index in [1.165, 1.54) is 0 Å². The van der Waals surface area contributed by atoms with Crippen molar-refractivity contribution in [2.45, 2.75) is 13.5 Å². The van der Waals surface area contributed by atoms with Crippen molar-refractivity contribution in [3.05, 3.63) is 39.6 Å². The molecular formula is C13H16N2O4. The molecule has 0 spiro atoms. The highest BCUT2D eigenvalue weighted by Gasteiger charge is 2.16. The van der Waals surface area contributed by atoms with Gasteiger partial charge in [0.1, 0.15) is 5.52 Å². The van der Waals surface area contributed by atoms with Crippen LogP contribution in [0.25, 0.3) is 10.9 Å². The first-order valence-corrected chi connectivity index (χ1v) is 5.95. The molecule has 6 nitrogen and oxygen atoms in total. The number of nitrogens with zero attached hydrogens (tertiary/aromatic N) is 1. The van der Waals surface area contributed by atoms with E-state index >= 15 is 0 Å². The standard InChI is InChI=1S/C13H16N2O4/c1-9-7-14-13-11(9)5-10(6-12(13)15(16)17)8-19-4-3-18-2/h5-7,14H,3-4,8H2,1-2H3. The highest BCUT2D eigenvalue weighted by Crippen LogP contribution is 2.29. The van der Waals surface area contributed by atoms with Gasteiger partial charge in [-0.2, -0.15) is 0 Å². The van der Waals surface area contributed by atoms with Gasteiger partial charge in [0.2, 0.25) is 0 Å². The van der Waals surface area contributed by atoms with E-state index in [1.807, 2.05) is 13.0 Å². The predicted octanol–water partition coefficient (Wildman–Crippen LogP) is 2.55. The van der Waals surface area contributed by atoms with Crippen LogP contribution in [0.2, 0.25) is 0 Å². The molecule has 0 radical (unpaired) electrons. The van der Waals surface area contributed by atoms with E-state index in [0.717, 1.165) is 16.5 Å². The molecule has 0 bridgehead atoms. The van der Waals surface area contributed by atoms with Crippen LogP contribution in [0.1, 0.15) is 11.1 Å². The fourth-order valence-electron chi connectivity index (χ4n) is 1.97. The average molecular weight is 264 g/mol. The number of fused-ring (bicyclic) bond motifs is 1. The number of nitrogens with one attached hydrogen (secondary N) is 1. The van der Waals surface area contributed by atoms with E-state index in [9.17, 15) is 10.1 Å². The summed E-state index contributed by atoms with van der Waals surface area (Å²) in [6, 6.07) is 3.46. The lowest BCUT2D eigenvalue weighted by Crippen LogP contribution is -2.02. The summed E-state index contributed by atoms with van der Waals surface area (Å²) in [5, 5.41) is 11.9. The van der Waals surface area contributed by atoms with Crippen LogP contribution >= 0.6 is 0 Å². The molecule has 2 rings (SSSR count). The Morgan fingerprint density at radius 2 is 2.16 bits per heavy atom. The second-order valence-electron chi connectivity index (χ2n) is 4.31. The van der Waals surface area contributed by atoms with Gasteiger partial charge in [0.15, 0.2) is 0 Å². The summed E-state index contributed by atoms with van der Waals surface area (Å²) in [5.41, 5.74) is 2.41. The number of ether oxygens (including phenoxy) is 2. The number of aryl methyl sites for hydroxylation is 1. The Morgan fingerprint density at radius 1 is 1.37 bits per heavy atom. The zero-order valence-electron chi connectivity index (χ0n) is 10.9. The van der Waals surface area contributed by atoms with Crippen LogP contribution in [0, 0.1) is 17.0 Å². The summed E-state index contributed by atoms with van der Waals surface area (Å²) >= 11 is 0. The minimum absolute atomic E-state index is 0.0796. The molecule has 1 aromatic heterocycles. The summed E-state index contributed by atoms with van der Waals surface area (Å²) in [7, 11) is 1.60. The number of hydrogen-bond acceptors (Lipinski definition) is 4. The van der Waals surface area contributed by atoms with Crippen molar-refractivity contribution in [2.24, 2.45) is 0 Å². The van der Waals surface area contributed by atoms with Gasteiger partial charge in [-0.1, -0.05) is 0 Å². The Bertz CT molecular complexity index is 592. The molecule has 0 saturated carbocycles. The highest BCUT2D eigenvalue weighted by atomic mass is 16.6. The first-order valence-electron chi connectivity index (χ1n) is 5.95. The maximum absolute atomic E-state index is 11.1. The van der Waals surface area contributed by atoms with Gasteiger partial charge in [0, 0.05) is 24.8 Å². The first-order chi connectivity index (χ1) is 9.13. The van der Waals surface area contributed by atoms with E-state index in [1.54, 1.807) is 19.4 Å². The molecule has 0 amide bonds. The van der Waals surface area contributed by atoms with Crippen molar-refractivity contribution in [3.63, 3.8) is 0 Å². The monoisotopic (exact) mass is 264 g/mol. The third-order valence-electron chi connectivity index (χ3n) is 2.93. The number of hydrogen-bond donors (Lipinski definition) is 1. The van der Waals surface area contributed by atoms with Gasteiger partial charge in [-0.25, -0.2) is 0 Å². The summed E-state index contributed by atoms with van der Waals surface area (Å²) in [4.78, 5) is 13.6. The topological polar surface area (TPSA) is 77.4 Å². The molecule has 0 fully saturated rings. The molecule has 19 heavy (non-hydrogen) atoms. The zero-order chi connectivity index (χ0) is 13.8. The molecule has 1 N–H and O–H groups in total. The number of aromatic amines is 1. The van der Waals surface area contributed by atoms with Gasteiger partial charge in [0.25, 0.3) is 5.69 Å². The Labute approximate surface area is 110 Å². The van der Waals surface area contributed by atoms with Crippen LogP contribution in [0.5, 0.6) is 0 Å². The third kappa shape index (κ3) is 2.91. The maximum atomic E-state index is 11.1. The molecule has 0 saturated heterocycles. The quantitative estimate of drug-likeness (QED) is 0.494. The van der Waals surface area contributed by atoms with Gasteiger partial charge >= 0.3 is 0 Å². The third-order valence-corrected chi connectivity index (χ3v) is 2.93. The summed E-state index contributed by atoms with van der Waals surface area (Å²) < 4.78 is 10.3. The minimum Gasteiger partial charge on any atom is -0.382 e. The number of nitro benzene ring substituents is 1. The zero-order valence-corrected chi connectivity index (χ0v) is 10.9. The molecule has 0 atom stereocenters. The summed E-state index contributed by atoms with van der Waals surface area (Å²) in [6.45, 7) is 3.23. The van der Waals surface area contributed by atoms with Crippen molar-refractivity contribution < 1.29 is 14.4 Å². The number of H-pyrrole nitrogens is 1. The van der Waals surface area contributed by atoms with Crippen molar-refractivity contribution in [1.29, 1.82) is 0 Å². The van der Waals surface area contributed by atoms with Gasteiger partial charge in [-0.15, -0.1) is 0 Å². The fourth-order valence-corrected chi connectivity index (χ4v) is 1.97. The SMILES string of the molecule is COCCOCc1cc([N+](=O)[O-])c2[nH]cc(C)c2c1. The van der Waals surface area contributed by atoms with Crippen molar-refractivity contribution >= 4 is 16.6 Å². The van der Waals surface area contributed by atoms with Crippen LogP contribution in [0.15, 0.2) is 18.3 Å². The second-order valence-corrected chi connectivity index (χ2v) is 4.31. The van der Waals surface area contributed by atoms with Crippen molar-refractivity contribution in [3.8, 4) is 0 Å². The van der Waals surface area contributed by atoms with Crippen LogP contribution in [-0.2, 0) is 16.1 Å². The lowest BCUT2D eigenvalue weighted by molar-refractivity contribution is -0.383. The molecule has 0 aliphatic carbocycles. The predicted molar refractivity (Wildman–Crippen MR) is 71.2 cm³/mol. The fraction of sp³-hybridized carbons (Fsp3) is 0.385. The first kappa shape index (κ1) is 13.5. The molecular weight excluding hydrogens is 248 g/mol. The van der Waals surface area contributed by atoms with Gasteiger partial charge in [-0.05, 0) is 24.1 Å². The number of rotatable bonds is 6. The number of benzene rings is 1. The Morgan fingerprint density at radius 3 is 2.84 bits per heavy atom. The average Bonchev–Trinajstić information content (AvgIpc) is 2.76. The number of non-ortho nitro benzene ring substituents is 1. The minimum atomic E-state index is -0.378. The Kier molecular flexibility index (Phi) is 4.13. The largest absolute Gasteiger partial charge is 0.382 e. The van der Waals surface area contributed by atoms with E-state index in [-0.39, 0.29) is 10.6 Å². The van der Waals surface area contributed by atoms with Gasteiger partial charge in [-0.3, -0.25) is 10.1 Å². The van der Waals surface area contributed by atoms with Crippen LogP contribution in [-0.4, -0.2) is 30.2 Å². The van der Waals surface area contributed by atoms with Crippen LogP contribution in [0.3, 0.4) is 0 Å². The van der Waals surface area contributed by atoms with Crippen LogP contribution in [0.4, 0.5) is 5.69 Å². The van der Waals surface area contributed by atoms with Gasteiger partial charge in [0.05, 0.1) is 24.7 Å². The van der Waals surface area contributed by atoms with E-state index < -0.39 is 0 Å². The van der Waals surface area contributed by atoms with E-state index in [0.29, 0.717) is 25.3 Å². The number of methoxy groups -OCH3 is 1. The molecule has 6 heteroatoms. The lowest BCUT2D eigenvalue weighted by atomic mass is 10.1. The molecule has 2 aromatic rings. The second kappa shape index (κ2) is 5.81. The van der Waals surface area contributed by atoms with E-state index in [2.05, 4.69) is 4.98 Å². The highest BCUT2D eigenvalue weighted by molar-refractivity contribution is 5.91. The number of nitro groups is 1. The summed E-state index contributed by atoms with van der Waals surface area (Å²) in [6.07, 6.45) is 1.77. The normalized spacial score (nSPS) is 11.1. The lowest BCUT2D eigenvalue weighted by Gasteiger charge is -2.05. The Hall–Kier alpha value is -1.92. The molecule has 102 valence electrons. The molecule has 1 aromatic carbocycles. The maximum Gasteiger partial charge on any atom is 0.293 e. The Balaban J connectivity index is 2.29. The molecule has 0 aliphatic heterocycles. The van der Waals surface area contributed by atoms with Crippen molar-refractivity contribution in [1.82, 2.24) is 4.98 Å².